The van der Waals surface area contributed by atoms with E-state index in [2.05, 4.69) is 139 Å². The van der Waals surface area contributed by atoms with Crippen LogP contribution in [0.2, 0.25) is 0 Å². The minimum atomic E-state index is -2.23. The molecule has 0 spiro atoms. The molecule has 0 atom stereocenters. The van der Waals surface area contributed by atoms with Crippen molar-refractivity contribution in [2.45, 2.75) is 0 Å². The first-order chi connectivity index (χ1) is 16.2. The molecular formula is C29H25N3P+. The number of fused-ring (bicyclic) bond motifs is 2. The average Bonchev–Trinajstić information content (AvgIpc) is 3.43. The molecule has 4 heteroatoms. The number of benzene rings is 3. The number of aryl methyl sites for hydroxylation is 2. The zero-order chi connectivity index (χ0) is 22.4. The average molecular weight is 447 g/mol. The second-order valence-corrected chi connectivity index (χ2v) is 11.9. The van der Waals surface area contributed by atoms with Gasteiger partial charge in [0, 0.05) is 43.5 Å². The van der Waals surface area contributed by atoms with E-state index in [4.69, 9.17) is 4.98 Å². The zero-order valence-electron chi connectivity index (χ0n) is 18.8. The van der Waals surface area contributed by atoms with Crippen LogP contribution in [0.1, 0.15) is 0 Å². The summed E-state index contributed by atoms with van der Waals surface area (Å²) in [5.41, 5.74) is 4.56. The van der Waals surface area contributed by atoms with Crippen molar-refractivity contribution in [3.05, 3.63) is 116 Å². The van der Waals surface area contributed by atoms with E-state index in [0.29, 0.717) is 0 Å². The highest BCUT2D eigenvalue weighted by molar-refractivity contribution is 8.01. The van der Waals surface area contributed by atoms with E-state index < -0.39 is 7.26 Å². The van der Waals surface area contributed by atoms with Gasteiger partial charge in [-0.05, 0) is 60.7 Å². The van der Waals surface area contributed by atoms with Crippen LogP contribution in [0.15, 0.2) is 116 Å². The Morgan fingerprint density at radius 1 is 0.576 bits per heavy atom. The fraction of sp³-hybridized carbons (Fsp3) is 0.0690. The van der Waals surface area contributed by atoms with E-state index in [0.717, 1.165) is 16.5 Å². The predicted molar refractivity (Wildman–Crippen MR) is 142 cm³/mol. The molecule has 0 saturated heterocycles. The number of pyridine rings is 1. The Kier molecular flexibility index (Phi) is 4.67. The van der Waals surface area contributed by atoms with Crippen molar-refractivity contribution in [1.29, 1.82) is 0 Å². The van der Waals surface area contributed by atoms with Crippen molar-refractivity contribution >= 4 is 50.5 Å². The summed E-state index contributed by atoms with van der Waals surface area (Å²) in [6.45, 7) is 0. The van der Waals surface area contributed by atoms with Crippen molar-refractivity contribution in [1.82, 2.24) is 14.1 Å². The monoisotopic (exact) mass is 446 g/mol. The van der Waals surface area contributed by atoms with E-state index >= 15 is 0 Å². The van der Waals surface area contributed by atoms with Gasteiger partial charge in [-0.15, -0.1) is 0 Å². The molecule has 0 saturated carbocycles. The van der Waals surface area contributed by atoms with Gasteiger partial charge in [0.15, 0.2) is 12.7 Å². The third kappa shape index (κ3) is 3.04. The molecule has 3 heterocycles. The molecule has 6 rings (SSSR count). The molecule has 0 fully saturated rings. The zero-order valence-corrected chi connectivity index (χ0v) is 19.7. The van der Waals surface area contributed by atoms with Crippen LogP contribution in [0.4, 0.5) is 0 Å². The molecule has 0 aliphatic rings. The summed E-state index contributed by atoms with van der Waals surface area (Å²) in [5.74, 6) is 0. The highest BCUT2D eigenvalue weighted by Gasteiger charge is 2.49. The highest BCUT2D eigenvalue weighted by Crippen LogP contribution is 2.54. The molecule has 0 N–H and O–H groups in total. The lowest BCUT2D eigenvalue weighted by molar-refractivity contribution is 0.968. The Morgan fingerprint density at radius 3 is 1.88 bits per heavy atom. The number of hydrogen-bond acceptors (Lipinski definition) is 1. The molecule has 0 amide bonds. The molecule has 6 aromatic rings. The quantitative estimate of drug-likeness (QED) is 0.361. The molecule has 3 aromatic heterocycles. The number of hydrogen-bond donors (Lipinski definition) is 0. The van der Waals surface area contributed by atoms with E-state index in [1.807, 2.05) is 0 Å². The molecule has 0 radical (unpaired) electrons. The molecule has 160 valence electrons. The first-order valence-corrected chi connectivity index (χ1v) is 13.0. The lowest BCUT2D eigenvalue weighted by Crippen LogP contribution is -2.39. The Hall–Kier alpha value is -3.68. The Bertz CT molecular complexity index is 1460. The van der Waals surface area contributed by atoms with Crippen molar-refractivity contribution in [3.63, 3.8) is 0 Å². The topological polar surface area (TPSA) is 22.8 Å². The van der Waals surface area contributed by atoms with Crippen molar-refractivity contribution in [2.75, 3.05) is 0 Å². The molecule has 33 heavy (non-hydrogen) atoms. The minimum Gasteiger partial charge on any atom is -0.351 e. The van der Waals surface area contributed by atoms with E-state index in [1.165, 1.54) is 26.8 Å². The summed E-state index contributed by atoms with van der Waals surface area (Å²) in [6, 6.07) is 37.6. The number of nitrogens with zero attached hydrogens (tertiary/aromatic N) is 3. The minimum absolute atomic E-state index is 1.03. The molecule has 0 aliphatic carbocycles. The molecular weight excluding hydrogens is 421 g/mol. The second-order valence-electron chi connectivity index (χ2n) is 8.51. The Balaban J connectivity index is 1.75. The fourth-order valence-corrected chi connectivity index (χ4v) is 9.07. The first-order valence-electron chi connectivity index (χ1n) is 11.2. The third-order valence-electron chi connectivity index (χ3n) is 6.61. The smallest absolute Gasteiger partial charge is 0.198 e. The molecule has 0 unspecified atom stereocenters. The Morgan fingerprint density at radius 2 is 1.18 bits per heavy atom. The molecule has 3 aromatic carbocycles. The van der Waals surface area contributed by atoms with Crippen LogP contribution in [0.3, 0.4) is 0 Å². The standard InChI is InChI=1S/C29H25N3P/c1-31-19-17-22-21-25(13-14-27(22)31)33(23-9-5-3-6-10-23,24-11-7-4-8-12-24)29-16-15-28-26(30-29)18-20-32(28)2/h3-21H,1-2H3/q+1. The molecule has 0 bridgehead atoms. The maximum absolute atomic E-state index is 5.31. The second kappa shape index (κ2) is 7.72. The molecule has 3 nitrogen and oxygen atoms in total. The summed E-state index contributed by atoms with van der Waals surface area (Å²) in [4.78, 5) is 5.31. The summed E-state index contributed by atoms with van der Waals surface area (Å²) < 4.78 is 4.31. The van der Waals surface area contributed by atoms with Gasteiger partial charge in [0.2, 0.25) is 0 Å². The third-order valence-corrected chi connectivity index (χ3v) is 10.7. The van der Waals surface area contributed by atoms with Gasteiger partial charge in [0.05, 0.1) is 11.0 Å². The van der Waals surface area contributed by atoms with E-state index in [-0.39, 0.29) is 0 Å². The van der Waals surface area contributed by atoms with Crippen LogP contribution in [0.5, 0.6) is 0 Å². The summed E-state index contributed by atoms with van der Waals surface area (Å²) in [6.07, 6.45) is 4.22. The fourth-order valence-electron chi connectivity index (χ4n) is 4.95. The van der Waals surface area contributed by atoms with Crippen LogP contribution in [-0.2, 0) is 14.1 Å². The lowest BCUT2D eigenvalue weighted by atomic mass is 10.2. The summed E-state index contributed by atoms with van der Waals surface area (Å²) >= 11 is 0. The normalized spacial score (nSPS) is 11.9. The lowest BCUT2D eigenvalue weighted by Gasteiger charge is -2.26. The van der Waals surface area contributed by atoms with Crippen LogP contribution in [0.25, 0.3) is 21.9 Å². The van der Waals surface area contributed by atoms with Crippen molar-refractivity contribution < 1.29 is 0 Å². The van der Waals surface area contributed by atoms with Gasteiger partial charge in [0.25, 0.3) is 0 Å². The van der Waals surface area contributed by atoms with Gasteiger partial charge >= 0.3 is 0 Å². The van der Waals surface area contributed by atoms with Crippen LogP contribution in [0, 0.1) is 0 Å². The van der Waals surface area contributed by atoms with Crippen LogP contribution >= 0.6 is 7.26 Å². The van der Waals surface area contributed by atoms with Crippen molar-refractivity contribution in [2.24, 2.45) is 14.1 Å². The van der Waals surface area contributed by atoms with Crippen LogP contribution in [-0.4, -0.2) is 14.1 Å². The van der Waals surface area contributed by atoms with Gasteiger partial charge in [-0.2, -0.15) is 0 Å². The number of aromatic nitrogens is 3. The van der Waals surface area contributed by atoms with Gasteiger partial charge in [-0.3, -0.25) is 0 Å². The van der Waals surface area contributed by atoms with Gasteiger partial charge in [-0.25, -0.2) is 4.98 Å². The van der Waals surface area contributed by atoms with Gasteiger partial charge in [-0.1, -0.05) is 36.4 Å². The summed E-state index contributed by atoms with van der Waals surface area (Å²) in [5, 5.41) is 5.21. The van der Waals surface area contributed by atoms with Crippen molar-refractivity contribution in [3.8, 4) is 0 Å². The Labute approximate surface area is 194 Å². The largest absolute Gasteiger partial charge is 0.351 e. The highest BCUT2D eigenvalue weighted by atomic mass is 31.2. The van der Waals surface area contributed by atoms with Gasteiger partial charge in [0.1, 0.15) is 15.9 Å². The first kappa shape index (κ1) is 20.0. The van der Waals surface area contributed by atoms with E-state index in [9.17, 15) is 0 Å². The number of rotatable bonds is 4. The predicted octanol–water partition coefficient (Wildman–Crippen LogP) is 4.68. The van der Waals surface area contributed by atoms with Gasteiger partial charge < -0.3 is 9.13 Å². The summed E-state index contributed by atoms with van der Waals surface area (Å²) in [7, 11) is 1.95. The maximum atomic E-state index is 5.31. The van der Waals surface area contributed by atoms with Crippen LogP contribution < -0.4 is 21.3 Å². The molecule has 0 aliphatic heterocycles. The maximum Gasteiger partial charge on any atom is 0.198 e. The SMILES string of the molecule is Cn1ccc2cc([P+](c3ccccc3)(c3ccccc3)c3ccc4c(ccn4C)n3)ccc21. The van der Waals surface area contributed by atoms with E-state index in [1.54, 1.807) is 0 Å².